The average Bonchev–Trinajstić information content (AvgIpc) is 3.47. The molecule has 2 heterocycles. The molecule has 0 unspecified atom stereocenters. The lowest BCUT2D eigenvalue weighted by atomic mass is 9.77. The molecule has 0 aliphatic heterocycles. The number of hydrogen-bond donors (Lipinski definition) is 0. The van der Waals surface area contributed by atoms with Crippen LogP contribution in [0.1, 0.15) is 35.7 Å². The zero-order chi connectivity index (χ0) is 27.8. The van der Waals surface area contributed by atoms with Gasteiger partial charge in [-0.05, 0) is 23.6 Å². The van der Waals surface area contributed by atoms with E-state index in [4.69, 9.17) is 9.72 Å². The predicted molar refractivity (Wildman–Crippen MR) is 152 cm³/mol. The van der Waals surface area contributed by atoms with Gasteiger partial charge in [-0.2, -0.15) is 0 Å². The van der Waals surface area contributed by atoms with E-state index in [1.54, 1.807) is 24.0 Å². The van der Waals surface area contributed by atoms with Gasteiger partial charge in [-0.25, -0.2) is 4.98 Å². The van der Waals surface area contributed by atoms with Crippen LogP contribution < -0.4 is 9.69 Å². The summed E-state index contributed by atoms with van der Waals surface area (Å²) >= 11 is 0. The highest BCUT2D eigenvalue weighted by Gasteiger charge is 2.38. The van der Waals surface area contributed by atoms with E-state index in [2.05, 4.69) is 41.0 Å². The minimum atomic E-state index is -0.714. The number of imidazole rings is 1. The summed E-state index contributed by atoms with van der Waals surface area (Å²) in [6, 6.07) is 36.5. The number of hydrogen-bond acceptors (Lipinski definition) is 4. The van der Waals surface area contributed by atoms with Gasteiger partial charge < -0.3 is 9.30 Å². The number of carbonyl (C=O) groups is 2. The first kappa shape index (κ1) is 26.6. The standard InChI is InChI=1S/C33H31N4O3/c1-2-40-32(39)23-31(38)37(36-21-13-6-14-22-36)25-30-24-35(26-34-30)33(27-15-7-3-8-16-27,28-17-9-4-10-18-28)29-19-11-5-12-20-29/h3-22,24,26H,2,23,25H2,1H3/q+1. The van der Waals surface area contributed by atoms with Crippen LogP contribution in [0.3, 0.4) is 0 Å². The normalized spacial score (nSPS) is 11.1. The fourth-order valence-electron chi connectivity index (χ4n) is 5.04. The molecule has 2 aromatic heterocycles. The Kier molecular flexibility index (Phi) is 8.11. The van der Waals surface area contributed by atoms with Crippen LogP contribution in [0.15, 0.2) is 134 Å². The molecule has 5 aromatic rings. The molecule has 1 amide bonds. The number of benzene rings is 3. The van der Waals surface area contributed by atoms with E-state index >= 15 is 0 Å². The lowest BCUT2D eigenvalue weighted by molar-refractivity contribution is -0.685. The van der Waals surface area contributed by atoms with E-state index in [0.717, 1.165) is 16.7 Å². The van der Waals surface area contributed by atoms with E-state index in [1.807, 2.05) is 85.3 Å². The minimum absolute atomic E-state index is 0.161. The molecule has 40 heavy (non-hydrogen) atoms. The molecule has 0 saturated heterocycles. The number of aromatic nitrogens is 3. The van der Waals surface area contributed by atoms with Crippen molar-refractivity contribution >= 4 is 11.9 Å². The Morgan fingerprint density at radius 2 is 1.30 bits per heavy atom. The maximum absolute atomic E-state index is 13.3. The Balaban J connectivity index is 1.60. The SMILES string of the molecule is CCOC(=O)CC(=O)N(Cc1cn(C(c2ccccc2)(c2ccccc2)c2ccccc2)cn1)[n+]1ccccc1. The summed E-state index contributed by atoms with van der Waals surface area (Å²) in [5.74, 6) is -0.944. The van der Waals surface area contributed by atoms with E-state index in [9.17, 15) is 9.59 Å². The molecular formula is C33H31N4O3+. The molecule has 0 atom stereocenters. The van der Waals surface area contributed by atoms with Gasteiger partial charge in [0.05, 0.1) is 18.6 Å². The lowest BCUT2D eigenvalue weighted by Crippen LogP contribution is -2.60. The van der Waals surface area contributed by atoms with Crippen LogP contribution in [-0.4, -0.2) is 28.0 Å². The summed E-state index contributed by atoms with van der Waals surface area (Å²) < 4.78 is 8.80. The number of amides is 1. The second-order valence-corrected chi connectivity index (χ2v) is 9.27. The molecule has 0 aliphatic carbocycles. The van der Waals surface area contributed by atoms with Crippen LogP contribution in [0.2, 0.25) is 0 Å². The highest BCUT2D eigenvalue weighted by molar-refractivity contribution is 5.98. The topological polar surface area (TPSA) is 68.3 Å². The Labute approximate surface area is 233 Å². The number of carbonyl (C=O) groups excluding carboxylic acids is 2. The number of pyridine rings is 1. The van der Waals surface area contributed by atoms with Crippen molar-refractivity contribution in [2.45, 2.75) is 25.4 Å². The fraction of sp³-hybridized carbons (Fsp3) is 0.152. The van der Waals surface area contributed by atoms with E-state index in [1.165, 1.54) is 5.01 Å². The quantitative estimate of drug-likeness (QED) is 0.114. The van der Waals surface area contributed by atoms with Crippen LogP contribution in [0, 0.1) is 0 Å². The first-order valence-electron chi connectivity index (χ1n) is 13.3. The first-order valence-corrected chi connectivity index (χ1v) is 13.3. The molecule has 0 aliphatic rings. The van der Waals surface area contributed by atoms with Crippen LogP contribution in [0.25, 0.3) is 0 Å². The largest absolute Gasteiger partial charge is 0.466 e. The zero-order valence-corrected chi connectivity index (χ0v) is 22.3. The Bertz CT molecular complexity index is 1440. The maximum atomic E-state index is 13.3. The molecule has 0 radical (unpaired) electrons. The lowest BCUT2D eigenvalue weighted by Gasteiger charge is -2.37. The molecule has 3 aromatic carbocycles. The Morgan fingerprint density at radius 1 is 0.800 bits per heavy atom. The van der Waals surface area contributed by atoms with Gasteiger partial charge in [0.25, 0.3) is 5.91 Å². The highest BCUT2D eigenvalue weighted by Crippen LogP contribution is 2.40. The van der Waals surface area contributed by atoms with Crippen LogP contribution in [0.4, 0.5) is 0 Å². The second-order valence-electron chi connectivity index (χ2n) is 9.27. The molecule has 0 bridgehead atoms. The van der Waals surface area contributed by atoms with Crippen molar-refractivity contribution < 1.29 is 19.0 Å². The minimum Gasteiger partial charge on any atom is -0.466 e. The Morgan fingerprint density at radius 3 is 1.80 bits per heavy atom. The maximum Gasteiger partial charge on any atom is 0.315 e. The summed E-state index contributed by atoms with van der Waals surface area (Å²) in [7, 11) is 0. The molecule has 0 fully saturated rings. The van der Waals surface area contributed by atoms with Crippen LogP contribution >= 0.6 is 0 Å². The smallest absolute Gasteiger partial charge is 0.315 e. The van der Waals surface area contributed by atoms with Crippen molar-refractivity contribution in [2.24, 2.45) is 0 Å². The van der Waals surface area contributed by atoms with Crippen LogP contribution in [0.5, 0.6) is 0 Å². The third kappa shape index (κ3) is 5.40. The molecule has 7 nitrogen and oxygen atoms in total. The van der Waals surface area contributed by atoms with Gasteiger partial charge in [0.2, 0.25) is 0 Å². The van der Waals surface area contributed by atoms with Crippen LogP contribution in [-0.2, 0) is 26.4 Å². The fourth-order valence-corrected chi connectivity index (χ4v) is 5.04. The Hall–Kier alpha value is -5.04. The molecular weight excluding hydrogens is 500 g/mol. The van der Waals surface area contributed by atoms with Crippen molar-refractivity contribution in [1.82, 2.24) is 9.55 Å². The number of rotatable bonds is 10. The molecule has 0 spiro atoms. The van der Waals surface area contributed by atoms with Gasteiger partial charge in [0.15, 0.2) is 12.4 Å². The monoisotopic (exact) mass is 531 g/mol. The van der Waals surface area contributed by atoms with Gasteiger partial charge in [-0.15, -0.1) is 5.01 Å². The summed E-state index contributed by atoms with van der Waals surface area (Å²) in [6.45, 7) is 2.10. The molecule has 200 valence electrons. The second kappa shape index (κ2) is 12.2. The highest BCUT2D eigenvalue weighted by atomic mass is 16.5. The van der Waals surface area contributed by atoms with Gasteiger partial charge in [-0.1, -0.05) is 102 Å². The van der Waals surface area contributed by atoms with Crippen molar-refractivity contribution in [1.29, 1.82) is 0 Å². The molecule has 0 N–H and O–H groups in total. The predicted octanol–water partition coefficient (Wildman–Crippen LogP) is 4.63. The van der Waals surface area contributed by atoms with Gasteiger partial charge in [0.1, 0.15) is 18.5 Å². The third-order valence-electron chi connectivity index (χ3n) is 6.78. The molecule has 5 rings (SSSR count). The number of esters is 1. The van der Waals surface area contributed by atoms with E-state index < -0.39 is 11.5 Å². The summed E-state index contributed by atoms with van der Waals surface area (Å²) in [5, 5.41) is 1.50. The van der Waals surface area contributed by atoms with Crippen molar-refractivity contribution in [3.8, 4) is 0 Å². The summed E-state index contributed by atoms with van der Waals surface area (Å²) in [4.78, 5) is 30.2. The van der Waals surface area contributed by atoms with Crippen molar-refractivity contribution in [2.75, 3.05) is 11.6 Å². The third-order valence-corrected chi connectivity index (χ3v) is 6.78. The molecule has 7 heteroatoms. The summed E-state index contributed by atoms with van der Waals surface area (Å²) in [5.41, 5.74) is 3.17. The van der Waals surface area contributed by atoms with Gasteiger partial charge in [-0.3, -0.25) is 9.59 Å². The zero-order valence-electron chi connectivity index (χ0n) is 22.3. The summed E-state index contributed by atoms with van der Waals surface area (Å²) in [6.07, 6.45) is 6.95. The number of ether oxygens (including phenoxy) is 1. The van der Waals surface area contributed by atoms with Crippen molar-refractivity contribution in [3.05, 3.63) is 156 Å². The van der Waals surface area contributed by atoms with Gasteiger partial charge in [0, 0.05) is 18.3 Å². The first-order chi connectivity index (χ1) is 19.6. The average molecular weight is 532 g/mol. The van der Waals surface area contributed by atoms with Crippen molar-refractivity contribution in [3.63, 3.8) is 0 Å². The number of nitrogens with zero attached hydrogens (tertiary/aromatic N) is 4. The molecule has 0 saturated carbocycles. The van der Waals surface area contributed by atoms with E-state index in [-0.39, 0.29) is 25.5 Å². The van der Waals surface area contributed by atoms with E-state index in [0.29, 0.717) is 5.69 Å². The van der Waals surface area contributed by atoms with Gasteiger partial charge >= 0.3 is 5.97 Å².